The average Bonchev–Trinajstić information content (AvgIpc) is 2.60. The van der Waals surface area contributed by atoms with Crippen molar-refractivity contribution >= 4 is 15.9 Å². The molecule has 0 aliphatic heterocycles. The van der Waals surface area contributed by atoms with E-state index in [1.165, 1.54) is 12.1 Å². The van der Waals surface area contributed by atoms with E-state index in [1.54, 1.807) is 0 Å². The van der Waals surface area contributed by atoms with Crippen molar-refractivity contribution in [3.8, 4) is 11.3 Å². The van der Waals surface area contributed by atoms with Crippen LogP contribution in [0.2, 0.25) is 0 Å². The third kappa shape index (κ3) is 2.53. The fourth-order valence-electron chi connectivity index (χ4n) is 1.61. The summed E-state index contributed by atoms with van der Waals surface area (Å²) >= 11 is 3.19. The van der Waals surface area contributed by atoms with E-state index >= 15 is 0 Å². The van der Waals surface area contributed by atoms with Crippen molar-refractivity contribution in [1.29, 1.82) is 0 Å². The van der Waals surface area contributed by atoms with Crippen LogP contribution in [-0.4, -0.2) is 16.5 Å². The summed E-state index contributed by atoms with van der Waals surface area (Å²) in [7, 11) is 0. The zero-order valence-corrected chi connectivity index (χ0v) is 10.4. The first kappa shape index (κ1) is 12.2. The van der Waals surface area contributed by atoms with Crippen molar-refractivity contribution in [2.24, 2.45) is 5.73 Å². The molecular weight excluding hydrogens is 292 g/mol. The van der Waals surface area contributed by atoms with Crippen molar-refractivity contribution < 1.29 is 8.78 Å². The lowest BCUT2D eigenvalue weighted by Gasteiger charge is -2.03. The van der Waals surface area contributed by atoms with Crippen LogP contribution in [0.5, 0.6) is 0 Å². The average molecular weight is 302 g/mol. The molecule has 17 heavy (non-hydrogen) atoms. The second-order valence-corrected chi connectivity index (χ2v) is 4.27. The van der Waals surface area contributed by atoms with Gasteiger partial charge in [0.05, 0.1) is 5.69 Å². The molecule has 0 aliphatic carbocycles. The van der Waals surface area contributed by atoms with Gasteiger partial charge in [-0.1, -0.05) is 0 Å². The molecule has 0 atom stereocenters. The molecule has 1 aromatic carbocycles. The van der Waals surface area contributed by atoms with Crippen LogP contribution in [0.15, 0.2) is 22.9 Å². The van der Waals surface area contributed by atoms with Gasteiger partial charge < -0.3 is 10.7 Å². The fraction of sp³-hybridized carbons (Fsp3) is 0.182. The van der Waals surface area contributed by atoms with Gasteiger partial charge >= 0.3 is 0 Å². The molecule has 0 amide bonds. The smallest absolute Gasteiger partial charge is 0.175 e. The highest BCUT2D eigenvalue weighted by molar-refractivity contribution is 9.10. The largest absolute Gasteiger partial charge is 0.336 e. The Morgan fingerprint density at radius 1 is 1.35 bits per heavy atom. The SMILES string of the molecule is NCCc1[nH]c(Br)nc1-c1ccc(F)cc1F. The second kappa shape index (κ2) is 4.93. The van der Waals surface area contributed by atoms with Crippen LogP contribution in [0.4, 0.5) is 8.78 Å². The zero-order valence-electron chi connectivity index (χ0n) is 8.80. The number of H-pyrrole nitrogens is 1. The molecule has 0 saturated heterocycles. The molecule has 2 rings (SSSR count). The predicted molar refractivity (Wildman–Crippen MR) is 64.4 cm³/mol. The van der Waals surface area contributed by atoms with Crippen LogP contribution in [0, 0.1) is 11.6 Å². The monoisotopic (exact) mass is 301 g/mol. The highest BCUT2D eigenvalue weighted by atomic mass is 79.9. The van der Waals surface area contributed by atoms with Crippen LogP contribution < -0.4 is 5.73 Å². The summed E-state index contributed by atoms with van der Waals surface area (Å²) in [5, 5.41) is 0. The molecule has 6 heteroatoms. The highest BCUT2D eigenvalue weighted by Gasteiger charge is 2.14. The van der Waals surface area contributed by atoms with Crippen LogP contribution in [0.3, 0.4) is 0 Å². The van der Waals surface area contributed by atoms with Gasteiger partial charge in [0, 0.05) is 23.7 Å². The molecule has 0 aliphatic rings. The first-order chi connectivity index (χ1) is 8.11. The van der Waals surface area contributed by atoms with Gasteiger partial charge in [0.15, 0.2) is 4.73 Å². The van der Waals surface area contributed by atoms with Crippen LogP contribution >= 0.6 is 15.9 Å². The molecule has 0 bridgehead atoms. The number of hydrogen-bond acceptors (Lipinski definition) is 2. The predicted octanol–water partition coefficient (Wildman–Crippen LogP) is 2.62. The Morgan fingerprint density at radius 3 is 2.76 bits per heavy atom. The summed E-state index contributed by atoms with van der Waals surface area (Å²) in [5.74, 6) is -1.25. The van der Waals surface area contributed by atoms with Crippen LogP contribution in [0.1, 0.15) is 5.69 Å². The van der Waals surface area contributed by atoms with Gasteiger partial charge in [-0.05, 0) is 34.6 Å². The number of nitrogens with one attached hydrogen (secondary N) is 1. The standard InChI is InChI=1S/C11H10BrF2N3/c12-11-16-9(3-4-15)10(17-11)7-2-1-6(13)5-8(7)14/h1-2,5H,3-4,15H2,(H,16,17). The molecule has 1 heterocycles. The van der Waals surface area contributed by atoms with Crippen molar-refractivity contribution in [2.45, 2.75) is 6.42 Å². The highest BCUT2D eigenvalue weighted by Crippen LogP contribution is 2.26. The number of imidazole rings is 1. The summed E-state index contributed by atoms with van der Waals surface area (Å²) < 4.78 is 26.9. The number of benzene rings is 1. The molecule has 2 aromatic rings. The summed E-state index contributed by atoms with van der Waals surface area (Å²) in [6.07, 6.45) is 0.546. The zero-order chi connectivity index (χ0) is 12.4. The topological polar surface area (TPSA) is 54.7 Å². The molecule has 3 nitrogen and oxygen atoms in total. The third-order valence-corrected chi connectivity index (χ3v) is 2.71. The van der Waals surface area contributed by atoms with Crippen molar-refractivity contribution in [2.75, 3.05) is 6.54 Å². The van der Waals surface area contributed by atoms with E-state index in [0.29, 0.717) is 23.4 Å². The number of rotatable bonds is 3. The molecule has 0 fully saturated rings. The maximum absolute atomic E-state index is 13.6. The van der Waals surface area contributed by atoms with Gasteiger partial charge in [0.2, 0.25) is 0 Å². The normalized spacial score (nSPS) is 10.8. The minimum atomic E-state index is -0.637. The van der Waals surface area contributed by atoms with Gasteiger partial charge in [-0.2, -0.15) is 0 Å². The maximum Gasteiger partial charge on any atom is 0.175 e. The first-order valence-electron chi connectivity index (χ1n) is 5.01. The van der Waals surface area contributed by atoms with E-state index in [1.807, 2.05) is 0 Å². The lowest BCUT2D eigenvalue weighted by Crippen LogP contribution is -2.04. The maximum atomic E-state index is 13.6. The molecule has 0 spiro atoms. The molecule has 3 N–H and O–H groups in total. The Kier molecular flexibility index (Phi) is 3.54. The van der Waals surface area contributed by atoms with E-state index < -0.39 is 11.6 Å². The van der Waals surface area contributed by atoms with E-state index in [0.717, 1.165) is 11.8 Å². The van der Waals surface area contributed by atoms with Gasteiger partial charge in [-0.3, -0.25) is 0 Å². The fourth-order valence-corrected chi connectivity index (χ4v) is 2.02. The van der Waals surface area contributed by atoms with Gasteiger partial charge in [-0.25, -0.2) is 13.8 Å². The minimum Gasteiger partial charge on any atom is -0.336 e. The number of halogens is 3. The Hall–Kier alpha value is -1.27. The summed E-state index contributed by atoms with van der Waals surface area (Å²) in [6, 6.07) is 3.41. The second-order valence-electron chi connectivity index (χ2n) is 3.52. The van der Waals surface area contributed by atoms with Gasteiger partial charge in [0.1, 0.15) is 11.6 Å². The number of aromatic amines is 1. The van der Waals surface area contributed by atoms with Crippen LogP contribution in [0.25, 0.3) is 11.3 Å². The number of nitrogens with zero attached hydrogens (tertiary/aromatic N) is 1. The summed E-state index contributed by atoms with van der Waals surface area (Å²) in [5.41, 5.74) is 6.91. The molecule has 1 aromatic heterocycles. The van der Waals surface area contributed by atoms with E-state index in [2.05, 4.69) is 25.9 Å². The Balaban J connectivity index is 2.51. The number of hydrogen-bond donors (Lipinski definition) is 2. The molecule has 0 unspecified atom stereocenters. The van der Waals surface area contributed by atoms with Crippen molar-refractivity contribution in [3.05, 3.63) is 40.3 Å². The van der Waals surface area contributed by atoms with E-state index in [9.17, 15) is 8.78 Å². The molecule has 0 saturated carbocycles. The quantitative estimate of drug-likeness (QED) is 0.915. The Morgan fingerprint density at radius 2 is 2.12 bits per heavy atom. The van der Waals surface area contributed by atoms with E-state index in [-0.39, 0.29) is 5.56 Å². The molecule has 0 radical (unpaired) electrons. The van der Waals surface area contributed by atoms with Crippen molar-refractivity contribution in [1.82, 2.24) is 9.97 Å². The lowest BCUT2D eigenvalue weighted by molar-refractivity contribution is 0.585. The lowest BCUT2D eigenvalue weighted by atomic mass is 10.1. The van der Waals surface area contributed by atoms with E-state index in [4.69, 9.17) is 5.73 Å². The number of nitrogens with two attached hydrogens (primary N) is 1. The summed E-state index contributed by atoms with van der Waals surface area (Å²) in [6.45, 7) is 0.421. The minimum absolute atomic E-state index is 0.261. The molecule has 90 valence electrons. The number of aromatic nitrogens is 2. The van der Waals surface area contributed by atoms with Crippen molar-refractivity contribution in [3.63, 3.8) is 0 Å². The van der Waals surface area contributed by atoms with Gasteiger partial charge in [-0.15, -0.1) is 0 Å². The Bertz CT molecular complexity index is 540. The summed E-state index contributed by atoms with van der Waals surface area (Å²) in [4.78, 5) is 7.08. The first-order valence-corrected chi connectivity index (χ1v) is 5.81. The van der Waals surface area contributed by atoms with Crippen LogP contribution in [-0.2, 0) is 6.42 Å². The molecular formula is C11H10BrF2N3. The third-order valence-electron chi connectivity index (χ3n) is 2.33. The Labute approximate surface area is 105 Å². The van der Waals surface area contributed by atoms with Gasteiger partial charge in [0.25, 0.3) is 0 Å².